The lowest BCUT2D eigenvalue weighted by Crippen LogP contribution is -2.04. The highest BCUT2D eigenvalue weighted by atomic mass is 35.5. The molecule has 88 valence electrons. The number of hydrogen-bond acceptors (Lipinski definition) is 2. The van der Waals surface area contributed by atoms with E-state index in [9.17, 15) is 9.18 Å². The molecule has 2 rings (SSSR count). The average Bonchev–Trinajstić information content (AvgIpc) is 2.68. The molecular weight excluding hydrogens is 243 g/mol. The first-order valence-corrected chi connectivity index (χ1v) is 5.47. The van der Waals surface area contributed by atoms with Gasteiger partial charge in [0, 0.05) is 11.4 Å². The molecule has 0 bridgehead atoms. The lowest BCUT2D eigenvalue weighted by molar-refractivity contribution is 0.0991. The Morgan fingerprint density at radius 2 is 2.18 bits per heavy atom. The van der Waals surface area contributed by atoms with E-state index in [1.165, 1.54) is 24.5 Å². The van der Waals surface area contributed by atoms with Crippen molar-refractivity contribution < 1.29 is 13.6 Å². The van der Waals surface area contributed by atoms with Crippen LogP contribution in [0.5, 0.6) is 0 Å². The number of carbonyl (C=O) groups excluding carboxylic acids is 1. The molecule has 2 aromatic rings. The van der Waals surface area contributed by atoms with Gasteiger partial charge in [0.2, 0.25) is 0 Å². The van der Waals surface area contributed by atoms with Crippen LogP contribution in [-0.4, -0.2) is 5.78 Å². The molecule has 0 spiro atoms. The van der Waals surface area contributed by atoms with Gasteiger partial charge in [-0.3, -0.25) is 4.79 Å². The van der Waals surface area contributed by atoms with E-state index < -0.39 is 5.82 Å². The highest BCUT2D eigenvalue weighted by molar-refractivity contribution is 6.31. The van der Waals surface area contributed by atoms with Gasteiger partial charge in [0.05, 0.1) is 11.8 Å². The number of benzene rings is 1. The Labute approximate surface area is 103 Å². The lowest BCUT2D eigenvalue weighted by Gasteiger charge is -2.03. The molecule has 0 N–H and O–H groups in total. The third-order valence-electron chi connectivity index (χ3n) is 2.53. The second-order valence-electron chi connectivity index (χ2n) is 3.73. The Kier molecular flexibility index (Phi) is 3.29. The third kappa shape index (κ3) is 2.56. The Balaban J connectivity index is 2.22. The summed E-state index contributed by atoms with van der Waals surface area (Å²) in [6, 6.07) is 5.63. The van der Waals surface area contributed by atoms with Crippen molar-refractivity contribution >= 4 is 17.4 Å². The fourth-order valence-corrected chi connectivity index (χ4v) is 1.84. The number of halogens is 2. The normalized spacial score (nSPS) is 10.5. The molecule has 1 heterocycles. The van der Waals surface area contributed by atoms with Gasteiger partial charge in [-0.2, -0.15) is 0 Å². The predicted octanol–water partition coefficient (Wildman–Crippen LogP) is 3.81. The zero-order valence-electron chi connectivity index (χ0n) is 9.17. The molecule has 0 radical (unpaired) electrons. The van der Waals surface area contributed by atoms with Gasteiger partial charge in [0.1, 0.15) is 11.6 Å². The summed E-state index contributed by atoms with van der Waals surface area (Å²) in [5.74, 6) is 0.0729. The van der Waals surface area contributed by atoms with Crippen molar-refractivity contribution in [3.05, 3.63) is 58.3 Å². The fourth-order valence-electron chi connectivity index (χ4n) is 1.61. The largest absolute Gasteiger partial charge is 0.469 e. The summed E-state index contributed by atoms with van der Waals surface area (Å²) in [6.45, 7) is 1.72. The first-order valence-electron chi connectivity index (χ1n) is 5.09. The van der Waals surface area contributed by atoms with Crippen molar-refractivity contribution in [2.45, 2.75) is 13.3 Å². The van der Waals surface area contributed by atoms with Gasteiger partial charge in [-0.1, -0.05) is 17.7 Å². The minimum Gasteiger partial charge on any atom is -0.469 e. The lowest BCUT2D eigenvalue weighted by atomic mass is 10.0. The molecule has 1 aromatic heterocycles. The molecule has 0 aliphatic carbocycles. The van der Waals surface area contributed by atoms with Gasteiger partial charge in [-0.05, 0) is 30.7 Å². The van der Waals surface area contributed by atoms with Crippen LogP contribution in [0.2, 0.25) is 5.02 Å². The van der Waals surface area contributed by atoms with Crippen LogP contribution in [0.4, 0.5) is 4.39 Å². The fraction of sp³-hybridized carbons (Fsp3) is 0.154. The number of rotatable bonds is 3. The molecule has 0 atom stereocenters. The molecule has 1 aromatic carbocycles. The number of furan rings is 1. The summed E-state index contributed by atoms with van der Waals surface area (Å²) in [5.41, 5.74) is 1.14. The zero-order chi connectivity index (χ0) is 12.4. The Morgan fingerprint density at radius 3 is 2.76 bits per heavy atom. The highest BCUT2D eigenvalue weighted by Crippen LogP contribution is 2.20. The first-order chi connectivity index (χ1) is 8.08. The Bertz CT molecular complexity index is 560. The summed E-state index contributed by atoms with van der Waals surface area (Å²) >= 11 is 5.86. The van der Waals surface area contributed by atoms with E-state index in [1.54, 1.807) is 13.0 Å². The Hall–Kier alpha value is -1.61. The van der Waals surface area contributed by atoms with E-state index in [1.807, 2.05) is 0 Å². The summed E-state index contributed by atoms with van der Waals surface area (Å²) in [4.78, 5) is 11.9. The van der Waals surface area contributed by atoms with Crippen LogP contribution >= 0.6 is 11.6 Å². The summed E-state index contributed by atoms with van der Waals surface area (Å²) < 4.78 is 17.9. The molecule has 0 amide bonds. The summed E-state index contributed by atoms with van der Waals surface area (Å²) in [6.07, 6.45) is 1.61. The second kappa shape index (κ2) is 4.72. The highest BCUT2D eigenvalue weighted by Gasteiger charge is 2.14. The topological polar surface area (TPSA) is 30.2 Å². The first kappa shape index (κ1) is 11.9. The molecule has 0 unspecified atom stereocenters. The summed E-state index contributed by atoms with van der Waals surface area (Å²) in [5, 5.41) is 0.263. The smallest absolute Gasteiger partial charge is 0.170 e. The molecule has 0 aliphatic rings. The SMILES string of the molecule is Cc1occc1C(=O)Cc1ccc(F)cc1Cl. The maximum absolute atomic E-state index is 12.8. The van der Waals surface area contributed by atoms with Crippen LogP contribution < -0.4 is 0 Å². The van der Waals surface area contributed by atoms with E-state index in [0.717, 1.165) is 0 Å². The quantitative estimate of drug-likeness (QED) is 0.778. The maximum Gasteiger partial charge on any atom is 0.170 e. The van der Waals surface area contributed by atoms with Crippen LogP contribution in [0.1, 0.15) is 21.7 Å². The number of ketones is 1. The average molecular weight is 253 g/mol. The Morgan fingerprint density at radius 1 is 1.41 bits per heavy atom. The van der Waals surface area contributed by atoms with Crippen molar-refractivity contribution in [3.8, 4) is 0 Å². The van der Waals surface area contributed by atoms with E-state index in [-0.39, 0.29) is 17.2 Å². The molecule has 0 saturated carbocycles. The van der Waals surface area contributed by atoms with E-state index >= 15 is 0 Å². The zero-order valence-corrected chi connectivity index (χ0v) is 9.92. The summed E-state index contributed by atoms with van der Waals surface area (Å²) in [7, 11) is 0. The molecular formula is C13H10ClFO2. The molecule has 0 aliphatic heterocycles. The molecule has 0 saturated heterocycles. The molecule has 17 heavy (non-hydrogen) atoms. The molecule has 2 nitrogen and oxygen atoms in total. The van der Waals surface area contributed by atoms with Crippen LogP contribution in [0.15, 0.2) is 34.9 Å². The molecule has 4 heteroatoms. The second-order valence-corrected chi connectivity index (χ2v) is 4.13. The number of hydrogen-bond donors (Lipinski definition) is 0. The predicted molar refractivity (Wildman–Crippen MR) is 62.9 cm³/mol. The monoisotopic (exact) mass is 252 g/mol. The van der Waals surface area contributed by atoms with E-state index in [4.69, 9.17) is 16.0 Å². The van der Waals surface area contributed by atoms with Gasteiger partial charge in [-0.15, -0.1) is 0 Å². The van der Waals surface area contributed by atoms with Gasteiger partial charge in [-0.25, -0.2) is 4.39 Å². The van der Waals surface area contributed by atoms with Crippen LogP contribution in [0.3, 0.4) is 0 Å². The number of Topliss-reactive ketones (excluding diaryl/α,β-unsaturated/α-hetero) is 1. The van der Waals surface area contributed by atoms with Crippen molar-refractivity contribution in [1.82, 2.24) is 0 Å². The van der Waals surface area contributed by atoms with Crippen LogP contribution in [0.25, 0.3) is 0 Å². The molecule has 0 fully saturated rings. The minimum atomic E-state index is -0.411. The number of aryl methyl sites for hydroxylation is 1. The van der Waals surface area contributed by atoms with Gasteiger partial charge < -0.3 is 4.42 Å². The van der Waals surface area contributed by atoms with E-state index in [0.29, 0.717) is 16.9 Å². The minimum absolute atomic E-state index is 0.0928. The van der Waals surface area contributed by atoms with Crippen LogP contribution in [-0.2, 0) is 6.42 Å². The van der Waals surface area contributed by atoms with Gasteiger partial charge >= 0.3 is 0 Å². The maximum atomic E-state index is 12.8. The van der Waals surface area contributed by atoms with Crippen molar-refractivity contribution in [2.75, 3.05) is 0 Å². The third-order valence-corrected chi connectivity index (χ3v) is 2.88. The van der Waals surface area contributed by atoms with Crippen molar-refractivity contribution in [2.24, 2.45) is 0 Å². The van der Waals surface area contributed by atoms with Gasteiger partial charge in [0.15, 0.2) is 5.78 Å². The van der Waals surface area contributed by atoms with Crippen molar-refractivity contribution in [3.63, 3.8) is 0 Å². The van der Waals surface area contributed by atoms with Crippen LogP contribution in [0, 0.1) is 12.7 Å². The van der Waals surface area contributed by atoms with Gasteiger partial charge in [0.25, 0.3) is 0 Å². The van der Waals surface area contributed by atoms with Crippen molar-refractivity contribution in [1.29, 1.82) is 0 Å². The number of carbonyl (C=O) groups is 1. The van der Waals surface area contributed by atoms with E-state index in [2.05, 4.69) is 0 Å². The standard InChI is InChI=1S/C13H10ClFO2/c1-8-11(4-5-17-8)13(16)6-9-2-3-10(15)7-12(9)14/h2-5,7H,6H2,1H3.